The van der Waals surface area contributed by atoms with E-state index >= 15 is 4.39 Å². The molecule has 1 aliphatic rings. The number of amides is 4. The molecule has 4 N–H and O–H groups in total. The summed E-state index contributed by atoms with van der Waals surface area (Å²) in [5.41, 5.74) is 7.66. The van der Waals surface area contributed by atoms with Gasteiger partial charge in [0.05, 0.1) is 123 Å². The first-order valence-electron chi connectivity index (χ1n) is 26.5. The molecule has 0 aliphatic carbocycles. The van der Waals surface area contributed by atoms with Crippen LogP contribution in [0.25, 0.3) is 11.1 Å². The number of benzene rings is 2. The van der Waals surface area contributed by atoms with E-state index in [0.29, 0.717) is 111 Å². The third-order valence-electron chi connectivity index (χ3n) is 12.0. The molecular formula is C56H79F2N5O15S. The second-order valence-electron chi connectivity index (χ2n) is 19.3. The maximum atomic E-state index is 15.2. The number of carbonyl (C=O) groups is 6. The summed E-state index contributed by atoms with van der Waals surface area (Å²) in [6.07, 6.45) is 4.33. The zero-order valence-electron chi connectivity index (χ0n) is 45.7. The number of aliphatic carboxylic acids is 1. The van der Waals surface area contributed by atoms with Crippen LogP contribution in [0.4, 0.5) is 8.78 Å². The Morgan fingerprint density at radius 2 is 1.27 bits per heavy atom. The lowest BCUT2D eigenvalue weighted by Gasteiger charge is -2.41. The number of ether oxygens (including phenoxy) is 8. The predicted molar refractivity (Wildman–Crippen MR) is 291 cm³/mol. The van der Waals surface area contributed by atoms with Gasteiger partial charge in [0.15, 0.2) is 0 Å². The highest BCUT2D eigenvalue weighted by atomic mass is 32.2. The molecule has 0 unspecified atom stereocenters. The number of carboxylic acid groups (broad SMARTS) is 1. The molecule has 4 rings (SSSR count). The van der Waals surface area contributed by atoms with E-state index < -0.39 is 52.7 Å². The van der Waals surface area contributed by atoms with E-state index in [2.05, 4.69) is 5.32 Å². The Hall–Kier alpha value is -5.47. The molecule has 0 spiro atoms. The van der Waals surface area contributed by atoms with E-state index in [1.807, 2.05) is 55.7 Å². The lowest BCUT2D eigenvalue weighted by atomic mass is 9.83. The molecule has 2 aromatic carbocycles. The number of nitrogens with two attached hydrogens (primary N) is 1. The zero-order valence-corrected chi connectivity index (χ0v) is 46.5. The van der Waals surface area contributed by atoms with Gasteiger partial charge in [0.25, 0.3) is 11.8 Å². The number of carboxylic acids is 1. The van der Waals surface area contributed by atoms with Crippen LogP contribution >= 0.6 is 11.8 Å². The van der Waals surface area contributed by atoms with Crippen LogP contribution in [0.1, 0.15) is 57.3 Å². The molecule has 3 aromatic rings. The van der Waals surface area contributed by atoms with Crippen molar-refractivity contribution in [1.82, 2.24) is 19.7 Å². The van der Waals surface area contributed by atoms with Crippen molar-refractivity contribution in [3.8, 4) is 11.1 Å². The number of hydrogen-bond donors (Lipinski definition) is 3. The first-order valence-corrected chi connectivity index (χ1v) is 27.7. The molecular weight excluding hydrogens is 1050 g/mol. The smallest absolute Gasteiger partial charge is 0.307 e. The molecule has 2 atom stereocenters. The Kier molecular flexibility index (Phi) is 31.3. The Bertz CT molecular complexity index is 2340. The van der Waals surface area contributed by atoms with Crippen LogP contribution in [-0.4, -0.2) is 198 Å². The van der Waals surface area contributed by atoms with Gasteiger partial charge in [-0.25, -0.2) is 8.78 Å². The van der Waals surface area contributed by atoms with E-state index in [1.165, 1.54) is 0 Å². The van der Waals surface area contributed by atoms with Gasteiger partial charge >= 0.3 is 5.97 Å². The number of aromatic nitrogens is 1. The number of Topliss-reactive ketones (excluding diaryl/α,β-unsaturated/α-hetero) is 1. The second kappa shape index (κ2) is 37.5. The largest absolute Gasteiger partial charge is 0.481 e. The lowest BCUT2D eigenvalue weighted by molar-refractivity contribution is -0.143. The minimum absolute atomic E-state index is 0.0264. The number of imide groups is 1. The molecule has 0 saturated carbocycles. The van der Waals surface area contributed by atoms with Crippen molar-refractivity contribution in [2.75, 3.05) is 143 Å². The SMILES string of the molecule is CC(C)(C)[C@H](c1cc(-c2cc(F)ccc2F)cn1Cc1ccccc1)N(CCCN)C(=O)CSC[C@H](CC(=O)CCOCCOCCOCCOCCOCCOCCOCCOCCNC(=O)CN1C(=O)C=CC1=O)C(=O)O. The number of hydrogen-bond acceptors (Lipinski definition) is 16. The molecule has 0 saturated heterocycles. The fourth-order valence-corrected chi connectivity index (χ4v) is 9.12. The summed E-state index contributed by atoms with van der Waals surface area (Å²) in [7, 11) is 0. The molecule has 1 aliphatic heterocycles. The van der Waals surface area contributed by atoms with Crippen molar-refractivity contribution in [3.63, 3.8) is 0 Å². The number of thioether (sulfide) groups is 1. The number of ketones is 1. The summed E-state index contributed by atoms with van der Waals surface area (Å²) in [5, 5.41) is 12.6. The van der Waals surface area contributed by atoms with Crippen molar-refractivity contribution in [3.05, 3.63) is 95.8 Å². The van der Waals surface area contributed by atoms with Crippen molar-refractivity contribution in [2.24, 2.45) is 17.1 Å². The standard InChI is InChI=1S/C56H79F2N5O15S/c1-56(2,3)54(49-35-43(47-36-45(57)10-11-48(47)58)38-61(49)37-42-8-5-4-6-9-42)62(17-7-15-59)53(68)41-79-40-44(55(69)70)34-46(64)14-18-71-20-22-73-24-26-75-28-30-77-32-33-78-31-29-76-27-25-74-23-21-72-19-16-60-50(65)39-63-51(66)12-13-52(63)67/h4-6,8-13,35-36,38,44,54H,7,14-34,37,39-41,59H2,1-3H3,(H,60,65)(H,69,70)/t44-,54-/m0/s1. The van der Waals surface area contributed by atoms with Gasteiger partial charge in [-0.2, -0.15) is 11.8 Å². The fourth-order valence-electron chi connectivity index (χ4n) is 8.11. The van der Waals surface area contributed by atoms with Gasteiger partial charge in [-0.05, 0) is 48.2 Å². The van der Waals surface area contributed by atoms with Crippen molar-refractivity contribution in [2.45, 2.75) is 52.6 Å². The number of rotatable bonds is 44. The van der Waals surface area contributed by atoms with Crippen LogP contribution in [0.15, 0.2) is 72.9 Å². The Labute approximate surface area is 465 Å². The molecule has 1 aromatic heterocycles. The average molecular weight is 1130 g/mol. The van der Waals surface area contributed by atoms with Crippen molar-refractivity contribution < 1.29 is 80.5 Å². The van der Waals surface area contributed by atoms with Gasteiger partial charge in [0, 0.05) is 73.4 Å². The molecule has 0 fully saturated rings. The monoisotopic (exact) mass is 1130 g/mol. The molecule has 23 heteroatoms. The van der Waals surface area contributed by atoms with Gasteiger partial charge in [-0.15, -0.1) is 0 Å². The van der Waals surface area contributed by atoms with E-state index in [1.54, 1.807) is 17.2 Å². The van der Waals surface area contributed by atoms with Gasteiger partial charge in [-0.3, -0.25) is 33.7 Å². The molecule has 438 valence electrons. The zero-order chi connectivity index (χ0) is 57.3. The molecule has 0 radical (unpaired) electrons. The first kappa shape index (κ1) is 66.0. The van der Waals surface area contributed by atoms with Crippen LogP contribution < -0.4 is 11.1 Å². The van der Waals surface area contributed by atoms with E-state index in [9.17, 15) is 38.3 Å². The molecule has 79 heavy (non-hydrogen) atoms. The van der Waals surface area contributed by atoms with Crippen LogP contribution in [-0.2, 0) is 73.2 Å². The molecule has 20 nitrogen and oxygen atoms in total. The van der Waals surface area contributed by atoms with Crippen LogP contribution in [0.5, 0.6) is 0 Å². The average Bonchev–Trinajstić information content (AvgIpc) is 4.21. The summed E-state index contributed by atoms with van der Waals surface area (Å²) in [4.78, 5) is 76.8. The number of carbonyl (C=O) groups excluding carboxylic acids is 5. The molecule has 2 heterocycles. The van der Waals surface area contributed by atoms with E-state index in [0.717, 1.165) is 58.3 Å². The van der Waals surface area contributed by atoms with Crippen LogP contribution in [0, 0.1) is 23.0 Å². The van der Waals surface area contributed by atoms with Crippen molar-refractivity contribution in [1.29, 1.82) is 0 Å². The maximum Gasteiger partial charge on any atom is 0.307 e. The minimum Gasteiger partial charge on any atom is -0.481 e. The number of halogens is 2. The second-order valence-corrected chi connectivity index (χ2v) is 20.3. The fraction of sp³-hybridized carbons (Fsp3) is 0.571. The predicted octanol–water partition coefficient (Wildman–Crippen LogP) is 4.70. The number of nitrogens with one attached hydrogen (secondary N) is 1. The Morgan fingerprint density at radius 1 is 0.734 bits per heavy atom. The highest BCUT2D eigenvalue weighted by Gasteiger charge is 2.37. The van der Waals surface area contributed by atoms with Crippen molar-refractivity contribution >= 4 is 47.1 Å². The number of nitrogens with zero attached hydrogens (tertiary/aromatic N) is 3. The topological polar surface area (TPSA) is 246 Å². The normalized spacial score (nSPS) is 13.3. The summed E-state index contributed by atoms with van der Waals surface area (Å²) in [6.45, 7) is 12.3. The van der Waals surface area contributed by atoms with Crippen LogP contribution in [0.3, 0.4) is 0 Å². The first-order chi connectivity index (χ1) is 38.1. The summed E-state index contributed by atoms with van der Waals surface area (Å²) >= 11 is 1.15. The summed E-state index contributed by atoms with van der Waals surface area (Å²) < 4.78 is 75.4. The van der Waals surface area contributed by atoms with Gasteiger partial charge in [0.1, 0.15) is 24.0 Å². The lowest BCUT2D eigenvalue weighted by Crippen LogP contribution is -2.44. The molecule has 0 bridgehead atoms. The van der Waals surface area contributed by atoms with Gasteiger partial charge < -0.3 is 63.5 Å². The Balaban J connectivity index is 1.01. The third kappa shape index (κ3) is 25.7. The Morgan fingerprint density at radius 3 is 1.78 bits per heavy atom. The maximum absolute atomic E-state index is 15.2. The molecule has 4 amide bonds. The van der Waals surface area contributed by atoms with Gasteiger partial charge in [0.2, 0.25) is 11.8 Å². The quantitative estimate of drug-likeness (QED) is 0.0513. The minimum atomic E-state index is -1.14. The summed E-state index contributed by atoms with van der Waals surface area (Å²) in [5.74, 6) is -5.32. The van der Waals surface area contributed by atoms with E-state index in [-0.39, 0.29) is 81.1 Å². The highest BCUT2D eigenvalue weighted by molar-refractivity contribution is 7.99. The highest BCUT2D eigenvalue weighted by Crippen LogP contribution is 2.41. The third-order valence-corrected chi connectivity index (χ3v) is 13.1. The van der Waals surface area contributed by atoms with Gasteiger partial charge in [-0.1, -0.05) is 51.1 Å². The summed E-state index contributed by atoms with van der Waals surface area (Å²) in [6, 6.07) is 14.3. The van der Waals surface area contributed by atoms with E-state index in [4.69, 9.17) is 43.6 Å². The van der Waals surface area contributed by atoms with Crippen LogP contribution in [0.2, 0.25) is 0 Å².